The molecule has 0 amide bonds. The highest BCUT2D eigenvalue weighted by Gasteiger charge is 2.24. The van der Waals surface area contributed by atoms with Gasteiger partial charge < -0.3 is 0 Å². The second-order valence-corrected chi connectivity index (χ2v) is 8.31. The van der Waals surface area contributed by atoms with Gasteiger partial charge in [-0.2, -0.15) is 0 Å². The third-order valence-electron chi connectivity index (χ3n) is 5.43. The molecule has 0 saturated heterocycles. The largest absolute Gasteiger partial charge is 0.0683 e. The van der Waals surface area contributed by atoms with Gasteiger partial charge in [0, 0.05) is 0 Å². The molecule has 0 spiro atoms. The summed E-state index contributed by atoms with van der Waals surface area (Å²) in [6.45, 7) is 9.11. The normalized spacial score (nSPS) is 16.3. The Labute approximate surface area is 140 Å². The van der Waals surface area contributed by atoms with E-state index in [0.717, 1.165) is 6.42 Å². The van der Waals surface area contributed by atoms with Crippen molar-refractivity contribution in [2.75, 3.05) is 0 Å². The van der Waals surface area contributed by atoms with Gasteiger partial charge in [0.1, 0.15) is 0 Å². The number of hydrogen-bond donors (Lipinski definition) is 0. The zero-order valence-electron chi connectivity index (χ0n) is 14.8. The van der Waals surface area contributed by atoms with Crippen molar-refractivity contribution in [3.05, 3.63) is 63.7 Å². The lowest BCUT2D eigenvalue weighted by molar-refractivity contribution is 0.590. The van der Waals surface area contributed by atoms with E-state index >= 15 is 0 Å². The Morgan fingerprint density at radius 1 is 0.913 bits per heavy atom. The van der Waals surface area contributed by atoms with Gasteiger partial charge in [-0.05, 0) is 77.0 Å². The summed E-state index contributed by atoms with van der Waals surface area (Å²) in [6, 6.07) is 11.8. The first-order valence-corrected chi connectivity index (χ1v) is 8.89. The van der Waals surface area contributed by atoms with Crippen LogP contribution < -0.4 is 0 Å². The van der Waals surface area contributed by atoms with Crippen LogP contribution in [0.3, 0.4) is 0 Å². The van der Waals surface area contributed by atoms with Gasteiger partial charge in [0.05, 0.1) is 0 Å². The molecule has 118 valence electrons. The maximum absolute atomic E-state index is 2.48. The molecule has 0 heterocycles. The van der Waals surface area contributed by atoms with Crippen LogP contribution in [0, 0.1) is 0 Å². The quantitative estimate of drug-likeness (QED) is 0.597. The van der Waals surface area contributed by atoms with Crippen molar-refractivity contribution < 1.29 is 0 Å². The van der Waals surface area contributed by atoms with E-state index in [1.165, 1.54) is 52.7 Å². The fraction of sp³-hybridized carbons (Fsp3) is 0.391. The third kappa shape index (κ3) is 2.45. The van der Waals surface area contributed by atoms with Crippen LogP contribution in [-0.2, 0) is 24.7 Å². The predicted octanol–water partition coefficient (Wildman–Crippen LogP) is 6.10. The number of aryl methyl sites for hydroxylation is 1. The molecule has 2 aliphatic carbocycles. The van der Waals surface area contributed by atoms with Crippen LogP contribution in [0.1, 0.15) is 61.9 Å². The van der Waals surface area contributed by atoms with Gasteiger partial charge >= 0.3 is 0 Å². The molecule has 0 unspecified atom stereocenters. The summed E-state index contributed by atoms with van der Waals surface area (Å²) in [4.78, 5) is 0. The number of allylic oxidation sites excluding steroid dienone is 1. The highest BCUT2D eigenvalue weighted by atomic mass is 14.3. The van der Waals surface area contributed by atoms with Crippen LogP contribution in [0.2, 0.25) is 0 Å². The Morgan fingerprint density at radius 3 is 2.35 bits per heavy atom. The molecule has 0 bridgehead atoms. The van der Waals surface area contributed by atoms with Crippen LogP contribution >= 0.6 is 0 Å². The third-order valence-corrected chi connectivity index (χ3v) is 5.43. The van der Waals surface area contributed by atoms with Gasteiger partial charge in [0.25, 0.3) is 0 Å². The maximum Gasteiger partial charge on any atom is -0.00603 e. The van der Waals surface area contributed by atoms with Crippen LogP contribution in [0.4, 0.5) is 0 Å². The van der Waals surface area contributed by atoms with E-state index in [4.69, 9.17) is 0 Å². The molecule has 4 rings (SSSR count). The number of rotatable bonds is 1. The molecule has 2 aliphatic rings. The van der Waals surface area contributed by atoms with E-state index < -0.39 is 0 Å². The van der Waals surface area contributed by atoms with Crippen LogP contribution in [-0.4, -0.2) is 0 Å². The van der Waals surface area contributed by atoms with E-state index in [-0.39, 0.29) is 5.41 Å². The molecule has 0 radical (unpaired) electrons. The van der Waals surface area contributed by atoms with Gasteiger partial charge in [0.15, 0.2) is 0 Å². The molecular weight excluding hydrogens is 276 g/mol. The van der Waals surface area contributed by atoms with Crippen molar-refractivity contribution >= 4 is 6.08 Å². The SMILES string of the molecule is CC1=Cc2c(cc3c(c2-c2ccc(C(C)(C)C)cc2)CCC3)C1. The first-order chi connectivity index (χ1) is 10.9. The molecule has 23 heavy (non-hydrogen) atoms. The Balaban J connectivity index is 1.89. The fourth-order valence-corrected chi connectivity index (χ4v) is 4.20. The van der Waals surface area contributed by atoms with Gasteiger partial charge in [-0.1, -0.05) is 62.8 Å². The summed E-state index contributed by atoms with van der Waals surface area (Å²) in [5.41, 5.74) is 12.3. The summed E-state index contributed by atoms with van der Waals surface area (Å²) in [5.74, 6) is 0. The lowest BCUT2D eigenvalue weighted by atomic mass is 9.84. The van der Waals surface area contributed by atoms with Crippen molar-refractivity contribution in [3.63, 3.8) is 0 Å². The zero-order chi connectivity index (χ0) is 16.2. The predicted molar refractivity (Wildman–Crippen MR) is 100.0 cm³/mol. The fourth-order valence-electron chi connectivity index (χ4n) is 4.20. The molecule has 0 fully saturated rings. The van der Waals surface area contributed by atoms with Crippen molar-refractivity contribution in [2.45, 2.75) is 58.8 Å². The standard InChI is InChI=1S/C23H26/c1-15-12-18-14-17-6-5-7-20(17)22(21(18)13-15)16-8-10-19(11-9-16)23(2,3)4/h8-11,13-14H,5-7,12H2,1-4H3. The molecule has 0 heteroatoms. The van der Waals surface area contributed by atoms with Crippen LogP contribution in [0.5, 0.6) is 0 Å². The molecule has 2 aromatic carbocycles. The number of benzene rings is 2. The van der Waals surface area contributed by atoms with Crippen molar-refractivity contribution in [3.8, 4) is 11.1 Å². The van der Waals surface area contributed by atoms with Gasteiger partial charge in [-0.3, -0.25) is 0 Å². The summed E-state index contributed by atoms with van der Waals surface area (Å²) < 4.78 is 0. The zero-order valence-corrected chi connectivity index (χ0v) is 14.8. The average molecular weight is 302 g/mol. The van der Waals surface area contributed by atoms with Gasteiger partial charge in [-0.25, -0.2) is 0 Å². The van der Waals surface area contributed by atoms with Crippen LogP contribution in [0.25, 0.3) is 17.2 Å². The smallest absolute Gasteiger partial charge is 0.00603 e. The Kier molecular flexibility index (Phi) is 3.27. The summed E-state index contributed by atoms with van der Waals surface area (Å²) in [5, 5.41) is 0. The van der Waals surface area contributed by atoms with Gasteiger partial charge in [-0.15, -0.1) is 0 Å². The summed E-state index contributed by atoms with van der Waals surface area (Å²) >= 11 is 0. The molecule has 0 N–H and O–H groups in total. The molecule has 0 aliphatic heterocycles. The Bertz CT molecular complexity index is 795. The first-order valence-electron chi connectivity index (χ1n) is 8.89. The highest BCUT2D eigenvalue weighted by Crippen LogP contribution is 2.42. The minimum Gasteiger partial charge on any atom is -0.0683 e. The van der Waals surface area contributed by atoms with Gasteiger partial charge in [0.2, 0.25) is 0 Å². The van der Waals surface area contributed by atoms with E-state index in [0.29, 0.717) is 0 Å². The number of fused-ring (bicyclic) bond motifs is 2. The van der Waals surface area contributed by atoms with Crippen molar-refractivity contribution in [1.82, 2.24) is 0 Å². The van der Waals surface area contributed by atoms with Crippen molar-refractivity contribution in [2.24, 2.45) is 0 Å². The molecule has 0 saturated carbocycles. The second-order valence-electron chi connectivity index (χ2n) is 8.31. The maximum atomic E-state index is 2.48. The second kappa shape index (κ2) is 5.09. The van der Waals surface area contributed by atoms with E-state index in [2.05, 4.69) is 64.1 Å². The highest BCUT2D eigenvalue weighted by molar-refractivity contribution is 5.84. The average Bonchev–Trinajstić information content (AvgIpc) is 3.08. The summed E-state index contributed by atoms with van der Waals surface area (Å²) in [6.07, 6.45) is 7.37. The van der Waals surface area contributed by atoms with E-state index in [1.807, 2.05) is 0 Å². The lowest BCUT2D eigenvalue weighted by Crippen LogP contribution is -2.10. The Morgan fingerprint density at radius 2 is 1.65 bits per heavy atom. The minimum atomic E-state index is 0.218. The summed E-state index contributed by atoms with van der Waals surface area (Å²) in [7, 11) is 0. The lowest BCUT2D eigenvalue weighted by Gasteiger charge is -2.20. The van der Waals surface area contributed by atoms with Crippen molar-refractivity contribution in [1.29, 1.82) is 0 Å². The Hall–Kier alpha value is -1.82. The molecule has 2 aromatic rings. The topological polar surface area (TPSA) is 0 Å². The van der Waals surface area contributed by atoms with E-state index in [1.54, 1.807) is 11.1 Å². The molecule has 0 atom stereocenters. The minimum absolute atomic E-state index is 0.218. The monoisotopic (exact) mass is 302 g/mol. The van der Waals surface area contributed by atoms with E-state index in [9.17, 15) is 0 Å². The van der Waals surface area contributed by atoms with Crippen LogP contribution in [0.15, 0.2) is 35.9 Å². The number of hydrogen-bond acceptors (Lipinski definition) is 0. The first kappa shape index (κ1) is 14.8. The molecule has 0 nitrogen and oxygen atoms in total. The molecular formula is C23H26. The molecule has 0 aromatic heterocycles.